The van der Waals surface area contributed by atoms with Crippen molar-refractivity contribution in [1.29, 1.82) is 0 Å². The summed E-state index contributed by atoms with van der Waals surface area (Å²) in [5.41, 5.74) is 2.41. The molecule has 74 valence electrons. The average Bonchev–Trinajstić information content (AvgIpc) is 2.55. The molecule has 1 aromatic heterocycles. The number of hydrogen-bond acceptors (Lipinski definition) is 3. The van der Waals surface area contributed by atoms with E-state index < -0.39 is 5.76 Å². The number of nitrogens with zero attached hydrogens (tertiary/aromatic N) is 1. The molecule has 14 heavy (non-hydrogen) atoms. The first-order chi connectivity index (χ1) is 6.70. The fraction of sp³-hybridized carbons (Fsp3) is 0.300. The smallest absolute Gasteiger partial charge is 0.408 e. The highest BCUT2D eigenvalue weighted by molar-refractivity contribution is 5.77. The van der Waals surface area contributed by atoms with Gasteiger partial charge >= 0.3 is 5.76 Å². The number of H-pyrrole nitrogens is 1. The van der Waals surface area contributed by atoms with E-state index in [4.69, 9.17) is 4.42 Å². The number of oxazole rings is 1. The van der Waals surface area contributed by atoms with Gasteiger partial charge in [-0.15, -0.1) is 0 Å². The minimum Gasteiger partial charge on any atom is -0.408 e. The van der Waals surface area contributed by atoms with Crippen molar-refractivity contribution in [3.8, 4) is 0 Å². The normalized spacial score (nSPS) is 10.7. The Balaban J connectivity index is 2.55. The zero-order valence-corrected chi connectivity index (χ0v) is 8.20. The Bertz CT molecular complexity index is 498. The van der Waals surface area contributed by atoms with Crippen LogP contribution in [0.5, 0.6) is 0 Å². The number of fused-ring (bicyclic) bond motifs is 1. The first-order valence-electron chi connectivity index (χ1n) is 4.54. The van der Waals surface area contributed by atoms with Crippen LogP contribution in [0, 0.1) is 0 Å². The lowest BCUT2D eigenvalue weighted by molar-refractivity contribution is 0.555. The van der Waals surface area contributed by atoms with Gasteiger partial charge in [-0.1, -0.05) is 0 Å². The molecule has 4 heteroatoms. The Labute approximate surface area is 81.1 Å². The third-order valence-corrected chi connectivity index (χ3v) is 2.32. The van der Waals surface area contributed by atoms with Crippen molar-refractivity contribution in [1.82, 2.24) is 4.98 Å². The fourth-order valence-corrected chi connectivity index (χ4v) is 1.36. The van der Waals surface area contributed by atoms with Crippen molar-refractivity contribution >= 4 is 16.8 Å². The fourth-order valence-electron chi connectivity index (χ4n) is 1.36. The van der Waals surface area contributed by atoms with Crippen molar-refractivity contribution in [2.75, 3.05) is 18.5 Å². The largest absolute Gasteiger partial charge is 0.417 e. The first kappa shape index (κ1) is 8.87. The number of nitrogens with one attached hydrogen (secondary N) is 1. The minimum absolute atomic E-state index is 0.406. The van der Waals surface area contributed by atoms with Gasteiger partial charge in [0.1, 0.15) is 0 Å². The van der Waals surface area contributed by atoms with Crippen molar-refractivity contribution in [2.45, 2.75) is 6.92 Å². The van der Waals surface area contributed by atoms with Crippen molar-refractivity contribution in [3.63, 3.8) is 0 Å². The van der Waals surface area contributed by atoms with Gasteiger partial charge in [-0.25, -0.2) is 4.79 Å². The summed E-state index contributed by atoms with van der Waals surface area (Å²) in [5.74, 6) is -0.406. The maximum Gasteiger partial charge on any atom is 0.417 e. The van der Waals surface area contributed by atoms with Crippen molar-refractivity contribution in [2.24, 2.45) is 0 Å². The molecule has 1 aromatic carbocycles. The molecule has 1 N–H and O–H groups in total. The summed E-state index contributed by atoms with van der Waals surface area (Å²) in [6.07, 6.45) is 0. The molecule has 4 nitrogen and oxygen atoms in total. The van der Waals surface area contributed by atoms with Crippen LogP contribution in [0.4, 0.5) is 5.69 Å². The lowest BCUT2D eigenvalue weighted by Gasteiger charge is -2.15. The summed E-state index contributed by atoms with van der Waals surface area (Å²) >= 11 is 0. The molecule has 1 heterocycles. The SMILES string of the molecule is CCN(C)c1ccc2oc(=O)[nH]c2c1. The summed E-state index contributed by atoms with van der Waals surface area (Å²) < 4.78 is 4.91. The van der Waals surface area contributed by atoms with Crippen LogP contribution in [-0.4, -0.2) is 18.6 Å². The quantitative estimate of drug-likeness (QED) is 0.785. The Hall–Kier alpha value is -1.71. The number of anilines is 1. The highest BCUT2D eigenvalue weighted by atomic mass is 16.4. The van der Waals surface area contributed by atoms with E-state index in [9.17, 15) is 4.79 Å². The third kappa shape index (κ3) is 1.39. The molecular formula is C10H12N2O2. The average molecular weight is 192 g/mol. The van der Waals surface area contributed by atoms with Gasteiger partial charge in [0.25, 0.3) is 0 Å². The van der Waals surface area contributed by atoms with Gasteiger partial charge in [0.2, 0.25) is 0 Å². The van der Waals surface area contributed by atoms with Crippen molar-refractivity contribution < 1.29 is 4.42 Å². The summed E-state index contributed by atoms with van der Waals surface area (Å²) in [7, 11) is 2.00. The number of rotatable bonds is 2. The highest BCUT2D eigenvalue weighted by Crippen LogP contribution is 2.18. The number of benzene rings is 1. The molecule has 0 unspecified atom stereocenters. The molecule has 0 fully saturated rings. The summed E-state index contributed by atoms with van der Waals surface area (Å²) in [6.45, 7) is 3.00. The predicted octanol–water partition coefficient (Wildman–Crippen LogP) is 1.58. The summed E-state index contributed by atoms with van der Waals surface area (Å²) in [4.78, 5) is 15.6. The van der Waals surface area contributed by atoms with Crippen LogP contribution in [0.15, 0.2) is 27.4 Å². The number of hydrogen-bond donors (Lipinski definition) is 1. The van der Waals surface area contributed by atoms with Gasteiger partial charge in [0, 0.05) is 19.3 Å². The minimum atomic E-state index is -0.406. The van der Waals surface area contributed by atoms with Crippen LogP contribution in [0.25, 0.3) is 11.1 Å². The van der Waals surface area contributed by atoms with Crippen LogP contribution in [-0.2, 0) is 0 Å². The zero-order valence-electron chi connectivity index (χ0n) is 8.20. The molecule has 0 aliphatic carbocycles. The molecule has 2 aromatic rings. The molecule has 0 saturated carbocycles. The van der Waals surface area contributed by atoms with Crippen LogP contribution < -0.4 is 10.7 Å². The van der Waals surface area contributed by atoms with Gasteiger partial charge in [0.05, 0.1) is 5.52 Å². The van der Waals surface area contributed by atoms with Gasteiger partial charge in [0.15, 0.2) is 5.58 Å². The summed E-state index contributed by atoms with van der Waals surface area (Å²) in [5, 5.41) is 0. The number of aromatic nitrogens is 1. The molecule has 0 amide bonds. The molecule has 0 saturated heterocycles. The van der Waals surface area contributed by atoms with E-state index in [1.54, 1.807) is 6.07 Å². The maximum atomic E-state index is 10.9. The van der Waals surface area contributed by atoms with Crippen LogP contribution in [0.1, 0.15) is 6.92 Å². The topological polar surface area (TPSA) is 49.2 Å². The van der Waals surface area contributed by atoms with Crippen LogP contribution >= 0.6 is 0 Å². The highest BCUT2D eigenvalue weighted by Gasteiger charge is 2.03. The maximum absolute atomic E-state index is 10.9. The van der Waals surface area contributed by atoms with E-state index in [-0.39, 0.29) is 0 Å². The van der Waals surface area contributed by atoms with E-state index in [2.05, 4.69) is 16.8 Å². The van der Waals surface area contributed by atoms with E-state index >= 15 is 0 Å². The number of aromatic amines is 1. The molecule has 0 aliphatic heterocycles. The molecule has 0 radical (unpaired) electrons. The van der Waals surface area contributed by atoms with Crippen LogP contribution in [0.3, 0.4) is 0 Å². The molecule has 2 rings (SSSR count). The second-order valence-electron chi connectivity index (χ2n) is 3.21. The van der Waals surface area contributed by atoms with E-state index in [0.717, 1.165) is 17.7 Å². The second kappa shape index (κ2) is 3.21. The molecule has 0 bridgehead atoms. The second-order valence-corrected chi connectivity index (χ2v) is 3.21. The molecular weight excluding hydrogens is 180 g/mol. The Morgan fingerprint density at radius 3 is 3.00 bits per heavy atom. The Kier molecular flexibility index (Phi) is 2.04. The van der Waals surface area contributed by atoms with Crippen molar-refractivity contribution in [3.05, 3.63) is 28.7 Å². The molecule has 0 spiro atoms. The Morgan fingerprint density at radius 2 is 2.29 bits per heavy atom. The lowest BCUT2D eigenvalue weighted by atomic mass is 10.2. The molecule has 0 atom stereocenters. The van der Waals surface area contributed by atoms with Gasteiger partial charge in [-0.2, -0.15) is 0 Å². The summed E-state index contributed by atoms with van der Waals surface area (Å²) in [6, 6.07) is 5.64. The lowest BCUT2D eigenvalue weighted by Crippen LogP contribution is -2.15. The molecule has 0 aliphatic rings. The van der Waals surface area contributed by atoms with Gasteiger partial charge in [-0.3, -0.25) is 4.98 Å². The van der Waals surface area contributed by atoms with E-state index in [0.29, 0.717) is 5.58 Å². The van der Waals surface area contributed by atoms with E-state index in [1.165, 1.54) is 0 Å². The van der Waals surface area contributed by atoms with Gasteiger partial charge in [-0.05, 0) is 25.1 Å². The third-order valence-electron chi connectivity index (χ3n) is 2.32. The monoisotopic (exact) mass is 192 g/mol. The standard InChI is InChI=1S/C10H12N2O2/c1-3-12(2)7-4-5-9-8(6-7)11-10(13)14-9/h4-6H,3H2,1-2H3,(H,11,13). The Morgan fingerprint density at radius 1 is 1.50 bits per heavy atom. The van der Waals surface area contributed by atoms with E-state index in [1.807, 2.05) is 19.2 Å². The first-order valence-corrected chi connectivity index (χ1v) is 4.54. The zero-order chi connectivity index (χ0) is 10.1. The van der Waals surface area contributed by atoms with Crippen LogP contribution in [0.2, 0.25) is 0 Å². The predicted molar refractivity (Wildman–Crippen MR) is 55.8 cm³/mol. The van der Waals surface area contributed by atoms with Gasteiger partial charge < -0.3 is 9.32 Å².